The quantitative estimate of drug-likeness (QED) is 0.591. The fourth-order valence-corrected chi connectivity index (χ4v) is 2.97. The van der Waals surface area contributed by atoms with E-state index in [0.717, 1.165) is 23.5 Å². The summed E-state index contributed by atoms with van der Waals surface area (Å²) < 4.78 is 14.1. The van der Waals surface area contributed by atoms with Gasteiger partial charge >= 0.3 is 0 Å². The summed E-state index contributed by atoms with van der Waals surface area (Å²) >= 11 is 0. The summed E-state index contributed by atoms with van der Waals surface area (Å²) in [5.74, 6) is 0.0107. The molecule has 0 radical (unpaired) electrons. The maximum absolute atomic E-state index is 14.1. The lowest BCUT2D eigenvalue weighted by atomic mass is 9.83. The molecular formula is C20H32FN3O. The van der Waals surface area contributed by atoms with Gasteiger partial charge in [-0.3, -0.25) is 4.79 Å². The highest BCUT2D eigenvalue weighted by Crippen LogP contribution is 2.35. The highest BCUT2D eigenvalue weighted by Gasteiger charge is 2.32. The predicted molar refractivity (Wildman–Crippen MR) is 101 cm³/mol. The Hall–Kier alpha value is -1.62. The van der Waals surface area contributed by atoms with Crippen molar-refractivity contribution in [2.24, 2.45) is 5.41 Å². The van der Waals surface area contributed by atoms with Crippen molar-refractivity contribution in [2.75, 3.05) is 19.6 Å². The first-order chi connectivity index (χ1) is 11.5. The van der Waals surface area contributed by atoms with E-state index in [2.05, 4.69) is 42.9 Å². The molecule has 25 heavy (non-hydrogen) atoms. The summed E-state index contributed by atoms with van der Waals surface area (Å²) in [4.78, 5) is 14.0. The van der Waals surface area contributed by atoms with E-state index in [0.29, 0.717) is 25.9 Å². The van der Waals surface area contributed by atoms with Crippen LogP contribution in [0.1, 0.15) is 47.5 Å². The Morgan fingerprint density at radius 1 is 1.32 bits per heavy atom. The first-order valence-electron chi connectivity index (χ1n) is 9.06. The van der Waals surface area contributed by atoms with Crippen LogP contribution < -0.4 is 10.6 Å². The van der Waals surface area contributed by atoms with Crippen molar-refractivity contribution >= 4 is 5.91 Å². The largest absolute Gasteiger partial charge is 0.372 e. The van der Waals surface area contributed by atoms with E-state index in [1.165, 1.54) is 0 Å². The molecule has 2 rings (SSSR count). The van der Waals surface area contributed by atoms with Gasteiger partial charge in [0.25, 0.3) is 0 Å². The Labute approximate surface area is 151 Å². The third-order valence-electron chi connectivity index (χ3n) is 4.85. The molecule has 2 heterocycles. The standard InChI is InChI=1S/C20H32FN3O/c1-14(23-18(25)17-13-22-17)7-8-16(19(3,4)5)15(2)24-11-9-20(6,21)10-12-24/h7-8,17,22H,2,9-13H2,1,3-6H3,(H,23,25)/b14-7+,16-8+. The highest BCUT2D eigenvalue weighted by atomic mass is 19.1. The van der Waals surface area contributed by atoms with Crippen molar-refractivity contribution < 1.29 is 9.18 Å². The number of nitrogens with zero attached hydrogens (tertiary/aromatic N) is 1. The van der Waals surface area contributed by atoms with Crippen molar-refractivity contribution in [3.63, 3.8) is 0 Å². The third kappa shape index (κ3) is 5.70. The summed E-state index contributed by atoms with van der Waals surface area (Å²) in [5.41, 5.74) is 1.70. The number of hydrogen-bond donors (Lipinski definition) is 2. The Morgan fingerprint density at radius 3 is 2.36 bits per heavy atom. The first kappa shape index (κ1) is 19.7. The van der Waals surface area contributed by atoms with E-state index < -0.39 is 5.67 Å². The molecule has 1 atom stereocenters. The maximum Gasteiger partial charge on any atom is 0.242 e. The lowest BCUT2D eigenvalue weighted by Crippen LogP contribution is -2.40. The van der Waals surface area contributed by atoms with Gasteiger partial charge in [-0.15, -0.1) is 0 Å². The SMILES string of the molecule is C=C(/C(=C\C=C(/C)NC(=O)C1CN1)C(C)(C)C)N1CCC(C)(F)CC1. The second-order valence-corrected chi connectivity index (χ2v) is 8.48. The smallest absolute Gasteiger partial charge is 0.242 e. The molecule has 0 aromatic heterocycles. The molecule has 0 saturated carbocycles. The van der Waals surface area contributed by atoms with E-state index in [4.69, 9.17) is 0 Å². The number of allylic oxidation sites excluding steroid dienone is 4. The molecule has 0 bridgehead atoms. The molecule has 2 aliphatic rings. The molecule has 2 N–H and O–H groups in total. The average molecular weight is 349 g/mol. The van der Waals surface area contributed by atoms with Gasteiger partial charge in [-0.05, 0) is 43.8 Å². The molecule has 140 valence electrons. The van der Waals surface area contributed by atoms with Crippen LogP contribution in [0.4, 0.5) is 4.39 Å². The number of hydrogen-bond acceptors (Lipinski definition) is 3. The van der Waals surface area contributed by atoms with Gasteiger partial charge in [0, 0.05) is 31.0 Å². The number of halogens is 1. The van der Waals surface area contributed by atoms with Gasteiger partial charge in [-0.25, -0.2) is 4.39 Å². The second kappa shape index (κ2) is 7.32. The summed E-state index contributed by atoms with van der Waals surface area (Å²) in [6, 6.07) is -0.0484. The normalized spacial score (nSPS) is 24.1. The van der Waals surface area contributed by atoms with Crippen LogP contribution in [0, 0.1) is 5.41 Å². The molecular weight excluding hydrogens is 317 g/mol. The number of nitrogens with one attached hydrogen (secondary N) is 2. The minimum absolute atomic E-state index is 0.0107. The van der Waals surface area contributed by atoms with Crippen LogP contribution in [0.2, 0.25) is 0 Å². The fraction of sp³-hybridized carbons (Fsp3) is 0.650. The van der Waals surface area contributed by atoms with Gasteiger partial charge in [0.05, 0.1) is 6.04 Å². The molecule has 2 aliphatic heterocycles. The van der Waals surface area contributed by atoms with E-state index in [1.807, 2.05) is 19.1 Å². The highest BCUT2D eigenvalue weighted by molar-refractivity contribution is 5.85. The van der Waals surface area contributed by atoms with Gasteiger partial charge < -0.3 is 15.5 Å². The lowest BCUT2D eigenvalue weighted by Gasteiger charge is -2.39. The number of carbonyl (C=O) groups is 1. The van der Waals surface area contributed by atoms with Crippen LogP contribution in [0.25, 0.3) is 0 Å². The van der Waals surface area contributed by atoms with Crippen LogP contribution >= 0.6 is 0 Å². The van der Waals surface area contributed by atoms with Crippen LogP contribution in [-0.2, 0) is 4.79 Å². The minimum Gasteiger partial charge on any atom is -0.372 e. The van der Waals surface area contributed by atoms with Crippen LogP contribution in [0.15, 0.2) is 35.7 Å². The van der Waals surface area contributed by atoms with E-state index >= 15 is 0 Å². The molecule has 5 heteroatoms. The summed E-state index contributed by atoms with van der Waals surface area (Å²) in [6.07, 6.45) is 5.02. The molecule has 1 amide bonds. The molecule has 2 saturated heterocycles. The molecule has 1 unspecified atom stereocenters. The number of carbonyl (C=O) groups excluding carboxylic acids is 1. The second-order valence-electron chi connectivity index (χ2n) is 8.48. The van der Waals surface area contributed by atoms with Gasteiger partial charge in [0.2, 0.25) is 5.91 Å². The molecule has 0 aromatic carbocycles. The minimum atomic E-state index is -1.07. The number of amides is 1. The van der Waals surface area contributed by atoms with Gasteiger partial charge in [0.1, 0.15) is 5.67 Å². The summed E-state index contributed by atoms with van der Waals surface area (Å²) in [5, 5.41) is 5.89. The average Bonchev–Trinajstić information content (AvgIpc) is 3.30. The number of rotatable bonds is 5. The van der Waals surface area contributed by atoms with Crippen LogP contribution in [0.5, 0.6) is 0 Å². The van der Waals surface area contributed by atoms with Crippen molar-refractivity contribution in [1.82, 2.24) is 15.5 Å². The maximum atomic E-state index is 14.1. The Morgan fingerprint density at radius 2 is 1.88 bits per heavy atom. The molecule has 0 aromatic rings. The van der Waals surface area contributed by atoms with E-state index in [1.54, 1.807) is 6.92 Å². The third-order valence-corrected chi connectivity index (χ3v) is 4.85. The zero-order valence-corrected chi connectivity index (χ0v) is 16.2. The van der Waals surface area contributed by atoms with Crippen LogP contribution in [-0.4, -0.2) is 42.2 Å². The van der Waals surface area contributed by atoms with E-state index in [9.17, 15) is 9.18 Å². The van der Waals surface area contributed by atoms with Gasteiger partial charge in [-0.1, -0.05) is 33.4 Å². The Kier molecular flexibility index (Phi) is 5.77. The molecule has 0 aliphatic carbocycles. The summed E-state index contributed by atoms with van der Waals surface area (Å²) in [7, 11) is 0. The van der Waals surface area contributed by atoms with Crippen molar-refractivity contribution in [3.8, 4) is 0 Å². The number of piperidine rings is 1. The Balaban J connectivity index is 2.09. The summed E-state index contributed by atoms with van der Waals surface area (Å²) in [6.45, 7) is 16.4. The van der Waals surface area contributed by atoms with Gasteiger partial charge in [0.15, 0.2) is 0 Å². The first-order valence-corrected chi connectivity index (χ1v) is 9.06. The zero-order valence-electron chi connectivity index (χ0n) is 16.2. The lowest BCUT2D eigenvalue weighted by molar-refractivity contribution is -0.119. The monoisotopic (exact) mass is 349 g/mol. The van der Waals surface area contributed by atoms with Crippen molar-refractivity contribution in [3.05, 3.63) is 35.7 Å². The van der Waals surface area contributed by atoms with Crippen molar-refractivity contribution in [1.29, 1.82) is 0 Å². The van der Waals surface area contributed by atoms with Crippen LogP contribution in [0.3, 0.4) is 0 Å². The van der Waals surface area contributed by atoms with Gasteiger partial charge in [-0.2, -0.15) is 0 Å². The number of alkyl halides is 1. The number of likely N-dealkylation sites (tertiary alicyclic amines) is 1. The predicted octanol–water partition coefficient (Wildman–Crippen LogP) is 3.29. The molecule has 2 fully saturated rings. The fourth-order valence-electron chi connectivity index (χ4n) is 2.97. The van der Waals surface area contributed by atoms with E-state index in [-0.39, 0.29) is 17.4 Å². The Bertz CT molecular complexity index is 585. The topological polar surface area (TPSA) is 54.3 Å². The zero-order chi connectivity index (χ0) is 18.8. The van der Waals surface area contributed by atoms with Crippen molar-refractivity contribution in [2.45, 2.75) is 59.2 Å². The molecule has 4 nitrogen and oxygen atoms in total. The molecule has 0 spiro atoms.